The summed E-state index contributed by atoms with van der Waals surface area (Å²) in [5.74, 6) is -5.51. The number of amides is 2. The van der Waals surface area contributed by atoms with Crippen LogP contribution in [0.1, 0.15) is 18.1 Å². The molecular formula is C28H24N4O12S3. The highest BCUT2D eigenvalue weighted by Gasteiger charge is 2.38. The number of oxazole rings is 1. The van der Waals surface area contributed by atoms with E-state index in [1.807, 2.05) is 24.0 Å². The zero-order valence-corrected chi connectivity index (χ0v) is 27.1. The highest BCUT2D eigenvalue weighted by molar-refractivity contribution is 8.23. The SMILES string of the molecule is C/C(C=C1Sc2cc(CO)c(C)cc2N1C)=c1\o/c(=c2/s/c(=C3/SC(=O)N(CC(=O)O)C3=O)n(CC(=O)O)c2=O)n(CC(=O)O)c1=O. The molecule has 47 heavy (non-hydrogen) atoms. The molecule has 1 fully saturated rings. The summed E-state index contributed by atoms with van der Waals surface area (Å²) in [6, 6.07) is 3.76. The monoisotopic (exact) mass is 704 g/mol. The molecule has 4 N–H and O–H groups in total. The van der Waals surface area contributed by atoms with Gasteiger partial charge in [-0.1, -0.05) is 11.8 Å². The lowest BCUT2D eigenvalue weighted by Gasteiger charge is -2.14. The quantitative estimate of drug-likeness (QED) is 0.243. The first-order valence-corrected chi connectivity index (χ1v) is 15.8. The third-order valence-electron chi connectivity index (χ3n) is 7.08. The van der Waals surface area contributed by atoms with E-state index in [1.165, 1.54) is 11.8 Å². The number of aryl methyl sites for hydroxylation is 1. The predicted octanol–water partition coefficient (Wildman–Crippen LogP) is 0.0637. The van der Waals surface area contributed by atoms with Crippen molar-refractivity contribution in [3.05, 3.63) is 75.2 Å². The van der Waals surface area contributed by atoms with Crippen LogP contribution < -0.4 is 26.1 Å². The third-order valence-corrected chi connectivity index (χ3v) is 10.5. The number of carboxylic acids is 3. The van der Waals surface area contributed by atoms with Gasteiger partial charge in [-0.3, -0.25) is 47.6 Å². The van der Waals surface area contributed by atoms with Crippen LogP contribution in [0, 0.1) is 17.0 Å². The summed E-state index contributed by atoms with van der Waals surface area (Å²) in [7, 11) is 1.80. The predicted molar refractivity (Wildman–Crippen MR) is 168 cm³/mol. The molecule has 0 spiro atoms. The maximum atomic E-state index is 13.6. The highest BCUT2D eigenvalue weighted by atomic mass is 32.2. The van der Waals surface area contributed by atoms with E-state index in [1.54, 1.807) is 20.0 Å². The molecule has 19 heteroatoms. The average molecular weight is 705 g/mol. The van der Waals surface area contributed by atoms with Gasteiger partial charge in [0.2, 0.25) is 5.55 Å². The molecule has 246 valence electrons. The molecule has 0 aliphatic carbocycles. The average Bonchev–Trinajstić information content (AvgIpc) is 3.66. The number of nitrogens with zero attached hydrogens (tertiary/aromatic N) is 4. The number of anilines is 1. The van der Waals surface area contributed by atoms with Crippen LogP contribution >= 0.6 is 34.9 Å². The second-order valence-electron chi connectivity index (χ2n) is 10.3. The van der Waals surface area contributed by atoms with Crippen LogP contribution in [0.3, 0.4) is 0 Å². The van der Waals surface area contributed by atoms with Crippen molar-refractivity contribution in [3.8, 4) is 0 Å². The lowest BCUT2D eigenvalue weighted by Crippen LogP contribution is -2.35. The number of aliphatic hydroxyl groups is 1. The molecule has 5 rings (SSSR count). The Morgan fingerprint density at radius 1 is 0.915 bits per heavy atom. The Morgan fingerprint density at radius 2 is 1.55 bits per heavy atom. The zero-order valence-electron chi connectivity index (χ0n) is 24.6. The molecular weight excluding hydrogens is 681 g/mol. The van der Waals surface area contributed by atoms with Crippen molar-refractivity contribution in [2.24, 2.45) is 0 Å². The van der Waals surface area contributed by atoms with Gasteiger partial charge in [0.1, 0.15) is 29.2 Å². The number of carbonyl (C=O) groups is 5. The lowest BCUT2D eigenvalue weighted by molar-refractivity contribution is -0.140. The van der Waals surface area contributed by atoms with Crippen LogP contribution in [0.5, 0.6) is 0 Å². The normalized spacial score (nSPS) is 17.9. The maximum Gasteiger partial charge on any atom is 0.323 e. The largest absolute Gasteiger partial charge is 0.480 e. The minimum absolute atomic E-state index is 0.145. The molecule has 0 atom stereocenters. The summed E-state index contributed by atoms with van der Waals surface area (Å²) in [5, 5.41) is 37.5. The van der Waals surface area contributed by atoms with E-state index >= 15 is 0 Å². The fourth-order valence-electron chi connectivity index (χ4n) is 4.80. The van der Waals surface area contributed by atoms with Gasteiger partial charge in [-0.15, -0.1) is 11.3 Å². The molecule has 4 heterocycles. The molecule has 0 radical (unpaired) electrons. The smallest absolute Gasteiger partial charge is 0.323 e. The van der Waals surface area contributed by atoms with Crippen LogP contribution in [0.4, 0.5) is 10.5 Å². The number of carboxylic acid groups (broad SMARTS) is 3. The summed E-state index contributed by atoms with van der Waals surface area (Å²) in [5.41, 5.74) is -0.0430. The second kappa shape index (κ2) is 12.7. The standard InChI is InChI=1S/C28H24N4O12S3/c1-11-4-14-15(6-13(11)10-33)45-16(29(14)3)5-12(2)20-23(40)30(7-17(34)35)26(44-20)21-24(41)31(8-18(36)37)27(46-21)22-25(42)32(9-19(38)39)28(43)47-22/h4-6,33H,7-10H2,1-3H3,(H,34,35)(H,36,37)(H,38,39)/b16-5?,20-12+,26-21+,27-22+. The number of thioether (sulfide) groups is 2. The number of fused-ring (bicyclic) bond motifs is 1. The Bertz CT molecular complexity index is 2300. The van der Waals surface area contributed by atoms with E-state index in [-0.39, 0.29) is 22.3 Å². The van der Waals surface area contributed by atoms with Crippen LogP contribution in [-0.4, -0.2) is 77.1 Å². The molecule has 3 aromatic rings. The van der Waals surface area contributed by atoms with Crippen LogP contribution in [-0.2, 0) is 38.9 Å². The van der Waals surface area contributed by atoms with Crippen molar-refractivity contribution in [3.63, 3.8) is 0 Å². The maximum absolute atomic E-state index is 13.6. The summed E-state index contributed by atoms with van der Waals surface area (Å²) < 4.78 is 6.44. The van der Waals surface area contributed by atoms with Gasteiger partial charge in [0.25, 0.3) is 22.3 Å². The van der Waals surface area contributed by atoms with Gasteiger partial charge in [0.15, 0.2) is 9.95 Å². The Labute approximate surface area is 274 Å². The van der Waals surface area contributed by atoms with E-state index in [2.05, 4.69) is 0 Å². The van der Waals surface area contributed by atoms with Crippen LogP contribution in [0.25, 0.3) is 10.5 Å². The van der Waals surface area contributed by atoms with Crippen molar-refractivity contribution < 1.29 is 48.8 Å². The first-order chi connectivity index (χ1) is 22.1. The van der Waals surface area contributed by atoms with Crippen molar-refractivity contribution in [1.82, 2.24) is 14.0 Å². The van der Waals surface area contributed by atoms with Gasteiger partial charge in [0, 0.05) is 17.5 Å². The van der Waals surface area contributed by atoms with E-state index < -0.39 is 74.8 Å². The minimum Gasteiger partial charge on any atom is -0.480 e. The number of carbonyl (C=O) groups excluding carboxylic acids is 2. The van der Waals surface area contributed by atoms with E-state index in [0.717, 1.165) is 21.7 Å². The van der Waals surface area contributed by atoms with Crippen molar-refractivity contribution >= 4 is 80.1 Å². The fourth-order valence-corrected chi connectivity index (χ4v) is 8.15. The number of aliphatic carboxylic acids is 3. The fraction of sp³-hybridized carbons (Fsp3) is 0.250. The zero-order chi connectivity index (χ0) is 34.5. The van der Waals surface area contributed by atoms with Crippen LogP contribution in [0.15, 0.2) is 42.1 Å². The molecule has 1 aromatic carbocycles. The molecule has 16 nitrogen and oxygen atoms in total. The number of hydrogen-bond donors (Lipinski definition) is 4. The summed E-state index contributed by atoms with van der Waals surface area (Å²) in [6.07, 6.45) is 1.63. The van der Waals surface area contributed by atoms with Gasteiger partial charge in [-0.2, -0.15) is 0 Å². The minimum atomic E-state index is -1.50. The second-order valence-corrected chi connectivity index (χ2v) is 13.3. The Morgan fingerprint density at radius 3 is 2.17 bits per heavy atom. The number of benzene rings is 1. The lowest BCUT2D eigenvalue weighted by atomic mass is 10.1. The van der Waals surface area contributed by atoms with Crippen LogP contribution in [0.2, 0.25) is 0 Å². The Balaban J connectivity index is 1.79. The number of allylic oxidation sites excluding steroid dienone is 1. The van der Waals surface area contributed by atoms with E-state index in [9.17, 15) is 48.9 Å². The Kier molecular flexibility index (Phi) is 9.09. The molecule has 2 amide bonds. The Hall–Kier alpha value is -4.85. The summed E-state index contributed by atoms with van der Waals surface area (Å²) in [6.45, 7) is 0.367. The number of thiazole rings is 1. The van der Waals surface area contributed by atoms with Crippen molar-refractivity contribution in [2.45, 2.75) is 38.4 Å². The third kappa shape index (κ3) is 6.16. The van der Waals surface area contributed by atoms with Gasteiger partial charge in [-0.25, -0.2) is 0 Å². The van der Waals surface area contributed by atoms with E-state index in [4.69, 9.17) is 9.52 Å². The summed E-state index contributed by atoms with van der Waals surface area (Å²) >= 11 is 2.15. The van der Waals surface area contributed by atoms with Crippen molar-refractivity contribution in [1.29, 1.82) is 0 Å². The molecule has 2 aliphatic rings. The number of aliphatic hydroxyl groups excluding tert-OH is 1. The highest BCUT2D eigenvalue weighted by Crippen LogP contribution is 2.46. The number of imide groups is 1. The van der Waals surface area contributed by atoms with Gasteiger partial charge in [0.05, 0.1) is 17.3 Å². The van der Waals surface area contributed by atoms with Gasteiger partial charge in [-0.05, 0) is 54.9 Å². The number of rotatable bonds is 8. The molecule has 2 aromatic heterocycles. The molecule has 0 unspecified atom stereocenters. The van der Waals surface area contributed by atoms with Gasteiger partial charge < -0.3 is 29.7 Å². The first-order valence-electron chi connectivity index (χ1n) is 13.4. The molecule has 0 bridgehead atoms. The van der Waals surface area contributed by atoms with Gasteiger partial charge >= 0.3 is 17.9 Å². The van der Waals surface area contributed by atoms with E-state index in [0.29, 0.717) is 42.2 Å². The first kappa shape index (κ1) is 33.5. The number of hydrogen-bond acceptors (Lipinski definition) is 13. The summed E-state index contributed by atoms with van der Waals surface area (Å²) in [4.78, 5) is 89.9. The molecule has 1 saturated heterocycles. The molecule has 2 aliphatic heterocycles. The molecule has 0 saturated carbocycles. The number of aromatic nitrogens is 2. The topological polar surface area (TPSA) is 230 Å². The van der Waals surface area contributed by atoms with Crippen molar-refractivity contribution in [2.75, 3.05) is 18.5 Å².